The smallest absolute Gasteiger partial charge is 0.340 e. The van der Waals surface area contributed by atoms with Gasteiger partial charge in [0.25, 0.3) is 5.91 Å². The summed E-state index contributed by atoms with van der Waals surface area (Å²) in [5, 5.41) is 0.626. The zero-order chi connectivity index (χ0) is 25.3. The standard InChI is InChI=1S/C27H26N2O5S/c1-18-13-19(2)15-22(14-18)29(35(4,32)33)16-20-9-11-21(12-10-20)26(30)28-17-24(27(31)34-3)23-7-5-6-8-25(23)28/h5-15,17H,16H2,1-4H3. The number of esters is 1. The Morgan fingerprint density at radius 3 is 2.17 bits per heavy atom. The maximum atomic E-state index is 13.3. The molecule has 1 aromatic heterocycles. The highest BCUT2D eigenvalue weighted by atomic mass is 32.2. The van der Waals surface area contributed by atoms with Crippen molar-refractivity contribution in [2.24, 2.45) is 0 Å². The molecule has 0 aliphatic heterocycles. The van der Waals surface area contributed by atoms with Crippen molar-refractivity contribution in [1.29, 1.82) is 0 Å². The molecule has 4 rings (SSSR count). The van der Waals surface area contributed by atoms with Gasteiger partial charge in [-0.1, -0.05) is 36.4 Å². The van der Waals surface area contributed by atoms with Gasteiger partial charge in [-0.3, -0.25) is 13.7 Å². The van der Waals surface area contributed by atoms with Crippen LogP contribution < -0.4 is 4.31 Å². The molecular weight excluding hydrogens is 464 g/mol. The number of hydrogen-bond donors (Lipinski definition) is 0. The van der Waals surface area contributed by atoms with Gasteiger partial charge in [0.1, 0.15) is 0 Å². The van der Waals surface area contributed by atoms with Gasteiger partial charge >= 0.3 is 5.97 Å². The van der Waals surface area contributed by atoms with Gasteiger partial charge in [0.2, 0.25) is 10.0 Å². The lowest BCUT2D eigenvalue weighted by Crippen LogP contribution is -2.29. The van der Waals surface area contributed by atoms with Crippen LogP contribution in [-0.4, -0.2) is 38.2 Å². The molecule has 180 valence electrons. The Labute approximate surface area is 204 Å². The lowest BCUT2D eigenvalue weighted by atomic mass is 10.1. The van der Waals surface area contributed by atoms with Crippen molar-refractivity contribution in [3.05, 3.63) is 101 Å². The van der Waals surface area contributed by atoms with Gasteiger partial charge in [-0.05, 0) is 60.9 Å². The highest BCUT2D eigenvalue weighted by Crippen LogP contribution is 2.25. The van der Waals surface area contributed by atoms with E-state index in [1.54, 1.807) is 48.5 Å². The molecule has 1 heterocycles. The van der Waals surface area contributed by atoms with Gasteiger partial charge in [-0.25, -0.2) is 13.2 Å². The number of benzene rings is 3. The summed E-state index contributed by atoms with van der Waals surface area (Å²) in [7, 11) is -2.23. The van der Waals surface area contributed by atoms with Crippen molar-refractivity contribution in [1.82, 2.24) is 4.57 Å². The number of hydrogen-bond acceptors (Lipinski definition) is 5. The Morgan fingerprint density at radius 1 is 0.943 bits per heavy atom. The Bertz CT molecular complexity index is 1520. The van der Waals surface area contributed by atoms with Gasteiger partial charge in [0, 0.05) is 17.1 Å². The third-order valence-corrected chi connectivity index (χ3v) is 6.90. The molecule has 0 amide bonds. The molecular formula is C27H26N2O5S. The lowest BCUT2D eigenvalue weighted by molar-refractivity contribution is 0.0603. The summed E-state index contributed by atoms with van der Waals surface area (Å²) in [4.78, 5) is 25.5. The second-order valence-electron chi connectivity index (χ2n) is 8.54. The van der Waals surface area contributed by atoms with Crippen LogP contribution in [-0.2, 0) is 21.3 Å². The molecule has 0 aliphatic rings. The Balaban J connectivity index is 1.65. The summed E-state index contributed by atoms with van der Waals surface area (Å²) >= 11 is 0. The van der Waals surface area contributed by atoms with Crippen molar-refractivity contribution in [2.45, 2.75) is 20.4 Å². The van der Waals surface area contributed by atoms with E-state index in [4.69, 9.17) is 4.74 Å². The fourth-order valence-electron chi connectivity index (χ4n) is 4.17. The van der Waals surface area contributed by atoms with Gasteiger partial charge in [-0.15, -0.1) is 0 Å². The maximum Gasteiger partial charge on any atom is 0.340 e. The average molecular weight is 491 g/mol. The maximum absolute atomic E-state index is 13.3. The highest BCUT2D eigenvalue weighted by molar-refractivity contribution is 7.92. The average Bonchev–Trinajstić information content (AvgIpc) is 3.20. The molecule has 0 aliphatic carbocycles. The minimum Gasteiger partial charge on any atom is -0.465 e. The number of rotatable bonds is 6. The molecule has 4 aromatic rings. The van der Waals surface area contributed by atoms with Crippen LogP contribution >= 0.6 is 0 Å². The molecule has 0 N–H and O–H groups in total. The van der Waals surface area contributed by atoms with E-state index in [-0.39, 0.29) is 12.5 Å². The fraction of sp³-hybridized carbons (Fsp3) is 0.185. The number of para-hydroxylation sites is 1. The third-order valence-electron chi connectivity index (χ3n) is 5.76. The van der Waals surface area contributed by atoms with E-state index in [9.17, 15) is 18.0 Å². The number of ether oxygens (including phenoxy) is 1. The summed E-state index contributed by atoms with van der Waals surface area (Å²) in [6.07, 6.45) is 2.66. The van der Waals surface area contributed by atoms with Crippen molar-refractivity contribution < 1.29 is 22.7 Å². The number of fused-ring (bicyclic) bond motifs is 1. The second kappa shape index (κ2) is 9.38. The fourth-order valence-corrected chi connectivity index (χ4v) is 5.04. The first-order valence-corrected chi connectivity index (χ1v) is 12.8. The van der Waals surface area contributed by atoms with Gasteiger partial charge in [0.05, 0.1) is 36.7 Å². The van der Waals surface area contributed by atoms with Gasteiger partial charge < -0.3 is 4.74 Å². The normalized spacial score (nSPS) is 11.4. The van der Waals surface area contributed by atoms with E-state index in [2.05, 4.69) is 0 Å². The van der Waals surface area contributed by atoms with Crippen molar-refractivity contribution in [3.63, 3.8) is 0 Å². The molecule has 0 unspecified atom stereocenters. The van der Waals surface area contributed by atoms with Crippen molar-refractivity contribution in [3.8, 4) is 0 Å². The monoisotopic (exact) mass is 490 g/mol. The predicted molar refractivity (Wildman–Crippen MR) is 136 cm³/mol. The van der Waals surface area contributed by atoms with E-state index in [0.29, 0.717) is 27.7 Å². The van der Waals surface area contributed by atoms with Crippen LogP contribution in [0.2, 0.25) is 0 Å². The largest absolute Gasteiger partial charge is 0.465 e. The second-order valence-corrected chi connectivity index (χ2v) is 10.4. The Kier molecular flexibility index (Phi) is 6.49. The van der Waals surface area contributed by atoms with Crippen LogP contribution in [0.1, 0.15) is 37.4 Å². The lowest BCUT2D eigenvalue weighted by Gasteiger charge is -2.23. The van der Waals surface area contributed by atoms with E-state index in [0.717, 1.165) is 16.7 Å². The quantitative estimate of drug-likeness (QED) is 0.366. The topological polar surface area (TPSA) is 85.7 Å². The van der Waals surface area contributed by atoms with Crippen LogP contribution in [0.4, 0.5) is 5.69 Å². The Hall–Kier alpha value is -3.91. The van der Waals surface area contributed by atoms with E-state index in [1.807, 2.05) is 32.0 Å². The molecule has 8 heteroatoms. The Morgan fingerprint density at radius 2 is 1.57 bits per heavy atom. The summed E-state index contributed by atoms with van der Waals surface area (Å²) in [6, 6.07) is 19.6. The molecule has 0 saturated carbocycles. The molecule has 3 aromatic carbocycles. The molecule has 0 saturated heterocycles. The van der Waals surface area contributed by atoms with E-state index in [1.165, 1.54) is 28.4 Å². The van der Waals surface area contributed by atoms with Crippen LogP contribution in [0.25, 0.3) is 10.9 Å². The van der Waals surface area contributed by atoms with E-state index >= 15 is 0 Å². The first kappa shape index (κ1) is 24.2. The van der Waals surface area contributed by atoms with Gasteiger partial charge in [0.15, 0.2) is 0 Å². The first-order valence-electron chi connectivity index (χ1n) is 11.0. The number of anilines is 1. The number of aromatic nitrogens is 1. The zero-order valence-corrected chi connectivity index (χ0v) is 20.8. The molecule has 7 nitrogen and oxygen atoms in total. The summed E-state index contributed by atoms with van der Waals surface area (Å²) < 4.78 is 32.7. The van der Waals surface area contributed by atoms with Gasteiger partial charge in [-0.2, -0.15) is 0 Å². The van der Waals surface area contributed by atoms with Crippen molar-refractivity contribution in [2.75, 3.05) is 17.7 Å². The minimum atomic E-state index is -3.53. The number of carbonyl (C=O) groups excluding carboxylic acids is 2. The van der Waals surface area contributed by atoms with E-state index < -0.39 is 16.0 Å². The summed E-state index contributed by atoms with van der Waals surface area (Å²) in [5.74, 6) is -0.826. The molecule has 0 radical (unpaired) electrons. The van der Waals surface area contributed by atoms with Crippen LogP contribution in [0.5, 0.6) is 0 Å². The number of sulfonamides is 1. The zero-order valence-electron chi connectivity index (χ0n) is 20.0. The number of carbonyl (C=O) groups is 2. The minimum absolute atomic E-state index is 0.134. The predicted octanol–water partition coefficient (Wildman–Crippen LogP) is 4.70. The third kappa shape index (κ3) is 4.97. The summed E-state index contributed by atoms with van der Waals surface area (Å²) in [5.41, 5.74) is 4.59. The molecule has 0 spiro atoms. The number of methoxy groups -OCH3 is 1. The SMILES string of the molecule is COC(=O)c1cn(C(=O)c2ccc(CN(c3cc(C)cc(C)c3)S(C)(=O)=O)cc2)c2ccccc12. The number of aryl methyl sites for hydroxylation is 2. The highest BCUT2D eigenvalue weighted by Gasteiger charge is 2.21. The molecule has 0 bridgehead atoms. The molecule has 0 atom stereocenters. The van der Waals surface area contributed by atoms with Crippen LogP contribution in [0.3, 0.4) is 0 Å². The van der Waals surface area contributed by atoms with Crippen LogP contribution in [0, 0.1) is 13.8 Å². The summed E-state index contributed by atoms with van der Waals surface area (Å²) in [6.45, 7) is 3.98. The van der Waals surface area contributed by atoms with Crippen molar-refractivity contribution >= 4 is 38.5 Å². The number of nitrogens with zero attached hydrogens (tertiary/aromatic N) is 2. The van der Waals surface area contributed by atoms with Crippen LogP contribution in [0.15, 0.2) is 72.9 Å². The molecule has 35 heavy (non-hydrogen) atoms. The molecule has 0 fully saturated rings. The first-order chi connectivity index (χ1) is 16.6.